The molecule has 118 valence electrons. The molecule has 6 heteroatoms. The third-order valence-corrected chi connectivity index (χ3v) is 4.51. The van der Waals surface area contributed by atoms with Gasteiger partial charge in [0.2, 0.25) is 5.96 Å². The maximum absolute atomic E-state index is 13.5. The van der Waals surface area contributed by atoms with Crippen LogP contribution in [-0.2, 0) is 0 Å². The van der Waals surface area contributed by atoms with Crippen LogP contribution in [0.15, 0.2) is 57.5 Å². The van der Waals surface area contributed by atoms with E-state index in [1.54, 1.807) is 17.8 Å². The number of thioether (sulfide) groups is 1. The molecule has 23 heavy (non-hydrogen) atoms. The summed E-state index contributed by atoms with van der Waals surface area (Å²) < 4.78 is 13.5. The van der Waals surface area contributed by atoms with Gasteiger partial charge in [0.25, 0.3) is 0 Å². The minimum Gasteiger partial charge on any atom is -0.368 e. The number of nitrogens with two attached hydrogens (primary N) is 1. The molecule has 0 unspecified atom stereocenters. The van der Waals surface area contributed by atoms with Crippen LogP contribution in [0.3, 0.4) is 0 Å². The molecule has 1 aliphatic rings. The quantitative estimate of drug-likeness (QED) is 0.503. The fraction of sp³-hybridized carbons (Fsp3) is 0.176. The zero-order valence-corrected chi connectivity index (χ0v) is 13.5. The number of hydrazone groups is 1. The molecule has 3 N–H and O–H groups in total. The van der Waals surface area contributed by atoms with E-state index in [0.717, 1.165) is 39.6 Å². The number of hydrogen-bond donors (Lipinski definition) is 2. The molecule has 1 aliphatic heterocycles. The van der Waals surface area contributed by atoms with Gasteiger partial charge in [-0.3, -0.25) is 0 Å². The van der Waals surface area contributed by atoms with Gasteiger partial charge in [-0.1, -0.05) is 17.7 Å². The molecular formula is C17H17FN4S. The van der Waals surface area contributed by atoms with E-state index in [-0.39, 0.29) is 11.8 Å². The summed E-state index contributed by atoms with van der Waals surface area (Å²) in [6.07, 6.45) is 0.756. The van der Waals surface area contributed by atoms with Gasteiger partial charge in [-0.15, -0.1) is 11.8 Å². The summed E-state index contributed by atoms with van der Waals surface area (Å²) in [5.74, 6) is 0.853. The van der Waals surface area contributed by atoms with E-state index in [0.29, 0.717) is 0 Å². The number of hydrogen-bond acceptors (Lipinski definition) is 3. The molecule has 0 aliphatic carbocycles. The first-order valence-electron chi connectivity index (χ1n) is 7.28. The van der Waals surface area contributed by atoms with E-state index >= 15 is 0 Å². The van der Waals surface area contributed by atoms with E-state index in [9.17, 15) is 4.39 Å². The molecule has 0 saturated carbocycles. The SMILES string of the molecule is Cc1ccc(N=C(N)N/N=C2\CCSc3ccc(F)cc32)cc1. The van der Waals surface area contributed by atoms with E-state index in [2.05, 4.69) is 15.5 Å². The van der Waals surface area contributed by atoms with Crippen molar-refractivity contribution in [3.8, 4) is 0 Å². The highest BCUT2D eigenvalue weighted by Crippen LogP contribution is 2.30. The fourth-order valence-electron chi connectivity index (χ4n) is 2.27. The number of rotatable bonds is 2. The van der Waals surface area contributed by atoms with Crippen LogP contribution in [0.1, 0.15) is 17.5 Å². The van der Waals surface area contributed by atoms with Gasteiger partial charge >= 0.3 is 0 Å². The molecule has 0 spiro atoms. The molecule has 3 rings (SSSR count). The molecule has 0 aromatic heterocycles. The standard InChI is InChI=1S/C17H17FN4S/c1-11-2-5-13(6-3-11)20-17(19)22-21-15-8-9-23-16-7-4-12(18)10-14(15)16/h2-7,10H,8-9H2,1H3,(H3,19,20,22)/b21-15+. The molecule has 0 atom stereocenters. The maximum atomic E-state index is 13.5. The molecule has 0 bridgehead atoms. The number of benzene rings is 2. The number of aryl methyl sites for hydroxylation is 1. The van der Waals surface area contributed by atoms with Crippen LogP contribution in [0.4, 0.5) is 10.1 Å². The van der Waals surface area contributed by atoms with Crippen LogP contribution in [0, 0.1) is 12.7 Å². The van der Waals surface area contributed by atoms with Gasteiger partial charge in [-0.05, 0) is 37.3 Å². The first-order chi connectivity index (χ1) is 11.1. The van der Waals surface area contributed by atoms with Crippen LogP contribution in [0.25, 0.3) is 0 Å². The minimum absolute atomic E-state index is 0.206. The second kappa shape index (κ2) is 6.83. The van der Waals surface area contributed by atoms with Gasteiger partial charge in [0.05, 0.1) is 11.4 Å². The average Bonchev–Trinajstić information content (AvgIpc) is 2.55. The summed E-state index contributed by atoms with van der Waals surface area (Å²) in [5, 5.41) is 4.31. The van der Waals surface area contributed by atoms with Crippen LogP contribution in [0.5, 0.6) is 0 Å². The fourth-order valence-corrected chi connectivity index (χ4v) is 3.28. The van der Waals surface area contributed by atoms with Crippen LogP contribution in [-0.4, -0.2) is 17.4 Å². The lowest BCUT2D eigenvalue weighted by Gasteiger charge is -2.17. The highest BCUT2D eigenvalue weighted by atomic mass is 32.2. The van der Waals surface area contributed by atoms with Gasteiger partial charge in [-0.25, -0.2) is 14.8 Å². The highest BCUT2D eigenvalue weighted by Gasteiger charge is 2.16. The molecule has 0 amide bonds. The van der Waals surface area contributed by atoms with Gasteiger partial charge in [-0.2, -0.15) is 5.10 Å². The monoisotopic (exact) mass is 328 g/mol. The van der Waals surface area contributed by atoms with Crippen molar-refractivity contribution in [1.29, 1.82) is 0 Å². The number of nitrogens with zero attached hydrogens (tertiary/aromatic N) is 2. The van der Waals surface area contributed by atoms with Gasteiger partial charge < -0.3 is 5.73 Å². The average molecular weight is 328 g/mol. The Kier molecular flexibility index (Phi) is 4.62. The number of fused-ring (bicyclic) bond motifs is 1. The Balaban J connectivity index is 1.78. The molecule has 0 radical (unpaired) electrons. The summed E-state index contributed by atoms with van der Waals surface area (Å²) in [4.78, 5) is 5.29. The Bertz CT molecular complexity index is 769. The number of nitrogens with one attached hydrogen (secondary N) is 1. The zero-order valence-electron chi connectivity index (χ0n) is 12.7. The summed E-state index contributed by atoms with van der Waals surface area (Å²) >= 11 is 1.70. The third-order valence-electron chi connectivity index (χ3n) is 3.44. The first kappa shape index (κ1) is 15.6. The van der Waals surface area contributed by atoms with E-state index in [4.69, 9.17) is 5.73 Å². The van der Waals surface area contributed by atoms with E-state index in [1.165, 1.54) is 12.1 Å². The van der Waals surface area contributed by atoms with E-state index in [1.807, 2.05) is 31.2 Å². The minimum atomic E-state index is -0.264. The lowest BCUT2D eigenvalue weighted by atomic mass is 10.1. The Hall–Kier alpha value is -2.34. The normalized spacial score (nSPS) is 16.3. The second-order valence-corrected chi connectivity index (χ2v) is 6.38. The number of halogens is 1. The lowest BCUT2D eigenvalue weighted by Crippen LogP contribution is -2.28. The molecule has 2 aromatic rings. The third kappa shape index (κ3) is 3.90. The molecule has 4 nitrogen and oxygen atoms in total. The molecule has 2 aromatic carbocycles. The van der Waals surface area contributed by atoms with Gasteiger partial charge in [0.1, 0.15) is 5.82 Å². The van der Waals surface area contributed by atoms with Crippen molar-refractivity contribution in [2.75, 3.05) is 5.75 Å². The number of guanidine groups is 1. The lowest BCUT2D eigenvalue weighted by molar-refractivity contribution is 0.626. The zero-order chi connectivity index (χ0) is 16.2. The van der Waals surface area contributed by atoms with Crippen molar-refractivity contribution in [3.63, 3.8) is 0 Å². The maximum Gasteiger partial charge on any atom is 0.214 e. The van der Waals surface area contributed by atoms with Crippen molar-refractivity contribution in [2.45, 2.75) is 18.2 Å². The Labute approximate surface area is 138 Å². The first-order valence-corrected chi connectivity index (χ1v) is 8.26. The van der Waals surface area contributed by atoms with Crippen LogP contribution < -0.4 is 11.2 Å². The summed E-state index contributed by atoms with van der Waals surface area (Å²) in [7, 11) is 0. The molecule has 0 fully saturated rings. The topological polar surface area (TPSA) is 62.8 Å². The summed E-state index contributed by atoms with van der Waals surface area (Å²) in [6.45, 7) is 2.01. The molecular weight excluding hydrogens is 311 g/mol. The largest absolute Gasteiger partial charge is 0.368 e. The summed E-state index contributed by atoms with van der Waals surface area (Å²) in [5.41, 5.74) is 12.1. The van der Waals surface area contributed by atoms with Crippen molar-refractivity contribution in [2.24, 2.45) is 15.8 Å². The van der Waals surface area contributed by atoms with Crippen molar-refractivity contribution in [1.82, 2.24) is 5.43 Å². The molecule has 0 saturated heterocycles. The summed E-state index contributed by atoms with van der Waals surface area (Å²) in [6, 6.07) is 12.5. The molecule has 1 heterocycles. The van der Waals surface area contributed by atoms with Crippen LogP contribution in [0.2, 0.25) is 0 Å². The van der Waals surface area contributed by atoms with Crippen molar-refractivity contribution >= 4 is 29.1 Å². The number of aliphatic imine (C=N–C) groups is 1. The Morgan fingerprint density at radius 2 is 2.00 bits per heavy atom. The second-order valence-electron chi connectivity index (χ2n) is 5.24. The predicted molar refractivity (Wildman–Crippen MR) is 93.9 cm³/mol. The predicted octanol–water partition coefficient (Wildman–Crippen LogP) is 3.57. The Morgan fingerprint density at radius 1 is 1.22 bits per heavy atom. The van der Waals surface area contributed by atoms with Gasteiger partial charge in [0, 0.05) is 22.6 Å². The van der Waals surface area contributed by atoms with Crippen LogP contribution >= 0.6 is 11.8 Å². The van der Waals surface area contributed by atoms with Gasteiger partial charge in [0.15, 0.2) is 0 Å². The smallest absolute Gasteiger partial charge is 0.214 e. The van der Waals surface area contributed by atoms with E-state index < -0.39 is 0 Å². The highest BCUT2D eigenvalue weighted by molar-refractivity contribution is 7.99. The Morgan fingerprint density at radius 3 is 2.78 bits per heavy atom. The van der Waals surface area contributed by atoms with Crippen molar-refractivity contribution < 1.29 is 4.39 Å². The van der Waals surface area contributed by atoms with Crippen molar-refractivity contribution in [3.05, 3.63) is 59.4 Å².